The summed E-state index contributed by atoms with van der Waals surface area (Å²) >= 11 is 0. The van der Waals surface area contributed by atoms with Gasteiger partial charge in [-0.05, 0) is 12.1 Å². The van der Waals surface area contributed by atoms with E-state index in [9.17, 15) is 4.79 Å². The van der Waals surface area contributed by atoms with E-state index in [1.807, 2.05) is 35.2 Å². The molecule has 18 heavy (non-hydrogen) atoms. The maximum Gasteiger partial charge on any atom is 0.319 e. The number of carbonyl (C=O) groups excluding carboxylic acids is 1. The van der Waals surface area contributed by atoms with Crippen molar-refractivity contribution in [3.05, 3.63) is 30.3 Å². The van der Waals surface area contributed by atoms with Gasteiger partial charge >= 0.3 is 6.03 Å². The Balaban J connectivity index is 1.82. The van der Waals surface area contributed by atoms with Crippen LogP contribution in [0.15, 0.2) is 30.3 Å². The van der Waals surface area contributed by atoms with Crippen molar-refractivity contribution in [3.8, 4) is 5.75 Å². The highest BCUT2D eigenvalue weighted by atomic mass is 16.5. The van der Waals surface area contributed by atoms with Gasteiger partial charge in [-0.15, -0.1) is 0 Å². The summed E-state index contributed by atoms with van der Waals surface area (Å²) in [5.74, 6) is 0.912. The van der Waals surface area contributed by atoms with Gasteiger partial charge in [0.2, 0.25) is 0 Å². The van der Waals surface area contributed by atoms with Gasteiger partial charge in [0, 0.05) is 40.0 Å². The summed E-state index contributed by atoms with van der Waals surface area (Å²) in [6.45, 7) is 1.54. The van der Waals surface area contributed by atoms with E-state index in [1.54, 1.807) is 19.0 Å². The first kappa shape index (κ1) is 12.7. The average molecular weight is 248 g/mol. The van der Waals surface area contributed by atoms with Crippen LogP contribution in [0, 0.1) is 0 Å². The smallest absolute Gasteiger partial charge is 0.319 e. The molecule has 4 heteroatoms. The molecule has 0 saturated carbocycles. The molecule has 1 saturated heterocycles. The number of amides is 2. The fourth-order valence-electron chi connectivity index (χ4n) is 2.14. The van der Waals surface area contributed by atoms with E-state index in [4.69, 9.17) is 4.74 Å². The van der Waals surface area contributed by atoms with E-state index >= 15 is 0 Å². The summed E-state index contributed by atoms with van der Waals surface area (Å²) in [7, 11) is 3.57. The zero-order chi connectivity index (χ0) is 13.0. The Bertz CT molecular complexity index is 384. The zero-order valence-electron chi connectivity index (χ0n) is 11.0. The fourth-order valence-corrected chi connectivity index (χ4v) is 2.14. The Morgan fingerprint density at radius 1 is 1.22 bits per heavy atom. The van der Waals surface area contributed by atoms with Crippen LogP contribution in [0.5, 0.6) is 5.75 Å². The molecule has 4 nitrogen and oxygen atoms in total. The Morgan fingerprint density at radius 3 is 2.39 bits per heavy atom. The molecule has 1 aromatic rings. The zero-order valence-corrected chi connectivity index (χ0v) is 11.0. The first-order valence-corrected chi connectivity index (χ1v) is 6.35. The molecule has 0 spiro atoms. The molecule has 2 rings (SSSR count). The molecule has 1 aromatic carbocycles. The summed E-state index contributed by atoms with van der Waals surface area (Å²) < 4.78 is 5.89. The SMILES string of the molecule is CN(C)C(=O)N1CCC(Oc2ccccc2)CC1. The van der Waals surface area contributed by atoms with Gasteiger partial charge in [-0.1, -0.05) is 18.2 Å². The fraction of sp³-hybridized carbons (Fsp3) is 0.500. The summed E-state index contributed by atoms with van der Waals surface area (Å²) in [6.07, 6.45) is 2.02. The number of para-hydroxylation sites is 1. The van der Waals surface area contributed by atoms with E-state index in [2.05, 4.69) is 0 Å². The first-order chi connectivity index (χ1) is 8.66. The third-order valence-electron chi connectivity index (χ3n) is 3.14. The highest BCUT2D eigenvalue weighted by Crippen LogP contribution is 2.18. The minimum absolute atomic E-state index is 0.0909. The molecule has 98 valence electrons. The molecule has 0 N–H and O–H groups in total. The van der Waals surface area contributed by atoms with Crippen LogP contribution in [0.2, 0.25) is 0 Å². The van der Waals surface area contributed by atoms with Gasteiger partial charge in [0.15, 0.2) is 0 Å². The lowest BCUT2D eigenvalue weighted by atomic mass is 10.1. The van der Waals surface area contributed by atoms with Crippen LogP contribution in [0.1, 0.15) is 12.8 Å². The standard InChI is InChI=1S/C14H20N2O2/c1-15(2)14(17)16-10-8-13(9-11-16)18-12-6-4-3-5-7-12/h3-7,13H,8-11H2,1-2H3. The third-order valence-corrected chi connectivity index (χ3v) is 3.14. The molecule has 0 unspecified atom stereocenters. The minimum Gasteiger partial charge on any atom is -0.490 e. The van der Waals surface area contributed by atoms with Crippen molar-refractivity contribution >= 4 is 6.03 Å². The molecule has 1 heterocycles. The number of piperidine rings is 1. The molecular formula is C14H20N2O2. The van der Waals surface area contributed by atoms with Gasteiger partial charge in [0.1, 0.15) is 11.9 Å². The quantitative estimate of drug-likeness (QED) is 0.804. The summed E-state index contributed by atoms with van der Waals surface area (Å²) in [6, 6.07) is 9.95. The maximum atomic E-state index is 11.8. The molecule has 0 radical (unpaired) electrons. The van der Waals surface area contributed by atoms with Gasteiger partial charge in [0.05, 0.1) is 0 Å². The summed E-state index contributed by atoms with van der Waals surface area (Å²) in [5.41, 5.74) is 0. The lowest BCUT2D eigenvalue weighted by Crippen LogP contribution is -2.46. The Hall–Kier alpha value is -1.71. The predicted octanol–water partition coefficient (Wildman–Crippen LogP) is 2.21. The van der Waals surface area contributed by atoms with Gasteiger partial charge in [-0.3, -0.25) is 0 Å². The normalized spacial score (nSPS) is 16.4. The van der Waals surface area contributed by atoms with Crippen LogP contribution in [-0.2, 0) is 0 Å². The number of carbonyl (C=O) groups is 1. The van der Waals surface area contributed by atoms with Crippen molar-refractivity contribution in [2.24, 2.45) is 0 Å². The van der Waals surface area contributed by atoms with E-state index < -0.39 is 0 Å². The predicted molar refractivity (Wildman–Crippen MR) is 70.7 cm³/mol. The van der Waals surface area contributed by atoms with Gasteiger partial charge in [-0.2, -0.15) is 0 Å². The summed E-state index contributed by atoms with van der Waals surface area (Å²) in [4.78, 5) is 15.3. The molecule has 2 amide bonds. The van der Waals surface area contributed by atoms with Crippen molar-refractivity contribution < 1.29 is 9.53 Å². The Kier molecular flexibility index (Phi) is 4.07. The second-order valence-electron chi connectivity index (χ2n) is 4.79. The van der Waals surface area contributed by atoms with Crippen LogP contribution in [0.3, 0.4) is 0 Å². The van der Waals surface area contributed by atoms with Crippen molar-refractivity contribution in [1.82, 2.24) is 9.80 Å². The van der Waals surface area contributed by atoms with Crippen LogP contribution in [-0.4, -0.2) is 49.1 Å². The third kappa shape index (κ3) is 3.15. The number of rotatable bonds is 2. The molecule has 1 aliphatic rings. The van der Waals surface area contributed by atoms with Crippen molar-refractivity contribution in [2.45, 2.75) is 18.9 Å². The molecule has 0 aromatic heterocycles. The second-order valence-corrected chi connectivity index (χ2v) is 4.79. The highest BCUT2D eigenvalue weighted by molar-refractivity contribution is 5.73. The lowest BCUT2D eigenvalue weighted by Gasteiger charge is -2.33. The van der Waals surface area contributed by atoms with Crippen LogP contribution >= 0.6 is 0 Å². The largest absolute Gasteiger partial charge is 0.490 e. The molecule has 0 bridgehead atoms. The topological polar surface area (TPSA) is 32.8 Å². The molecule has 1 aliphatic heterocycles. The number of likely N-dealkylation sites (tertiary alicyclic amines) is 1. The number of nitrogens with zero attached hydrogens (tertiary/aromatic N) is 2. The van der Waals surface area contributed by atoms with E-state index in [0.717, 1.165) is 31.7 Å². The molecule has 0 atom stereocenters. The van der Waals surface area contributed by atoms with E-state index in [0.29, 0.717) is 0 Å². The monoisotopic (exact) mass is 248 g/mol. The minimum atomic E-state index is 0.0909. The second kappa shape index (κ2) is 5.76. The number of hydrogen-bond donors (Lipinski definition) is 0. The molecule has 0 aliphatic carbocycles. The van der Waals surface area contributed by atoms with Gasteiger partial charge < -0.3 is 14.5 Å². The van der Waals surface area contributed by atoms with Crippen LogP contribution in [0.4, 0.5) is 4.79 Å². The van der Waals surface area contributed by atoms with Gasteiger partial charge in [0.25, 0.3) is 0 Å². The van der Waals surface area contributed by atoms with E-state index in [-0.39, 0.29) is 12.1 Å². The van der Waals surface area contributed by atoms with Crippen LogP contribution < -0.4 is 4.74 Å². The Labute approximate surface area is 108 Å². The maximum absolute atomic E-state index is 11.8. The average Bonchev–Trinajstić information content (AvgIpc) is 2.40. The van der Waals surface area contributed by atoms with Crippen molar-refractivity contribution in [1.29, 1.82) is 0 Å². The number of benzene rings is 1. The van der Waals surface area contributed by atoms with Crippen molar-refractivity contribution in [3.63, 3.8) is 0 Å². The number of ether oxygens (including phenoxy) is 1. The van der Waals surface area contributed by atoms with E-state index in [1.165, 1.54) is 0 Å². The first-order valence-electron chi connectivity index (χ1n) is 6.35. The Morgan fingerprint density at radius 2 is 1.83 bits per heavy atom. The lowest BCUT2D eigenvalue weighted by molar-refractivity contribution is 0.101. The molecule has 1 fully saturated rings. The van der Waals surface area contributed by atoms with Gasteiger partial charge in [-0.25, -0.2) is 4.79 Å². The van der Waals surface area contributed by atoms with Crippen molar-refractivity contribution in [2.75, 3.05) is 27.2 Å². The number of hydrogen-bond acceptors (Lipinski definition) is 2. The van der Waals surface area contributed by atoms with Crippen LogP contribution in [0.25, 0.3) is 0 Å². The molecular weight excluding hydrogens is 228 g/mol. The highest BCUT2D eigenvalue weighted by Gasteiger charge is 2.24. The summed E-state index contributed by atoms with van der Waals surface area (Å²) in [5, 5.41) is 0. The number of urea groups is 1.